The van der Waals surface area contributed by atoms with E-state index < -0.39 is 0 Å². The van der Waals surface area contributed by atoms with Gasteiger partial charge in [0.25, 0.3) is 5.70 Å². The Hall–Kier alpha value is -2.50. The fraction of sp³-hybridized carbons (Fsp3) is 0.143. The third-order valence-electron chi connectivity index (χ3n) is 4.12. The second-order valence-electron chi connectivity index (χ2n) is 6.18. The minimum absolute atomic E-state index is 0.166. The average Bonchev–Trinajstić information content (AvgIpc) is 3.13. The van der Waals surface area contributed by atoms with E-state index in [9.17, 15) is 5.11 Å². The summed E-state index contributed by atoms with van der Waals surface area (Å²) in [4.78, 5) is 1.25. The van der Waals surface area contributed by atoms with Crippen LogP contribution in [0.4, 0.5) is 5.69 Å². The molecule has 0 aliphatic carbocycles. The molecular formula is C21H21N2OS2+. The summed E-state index contributed by atoms with van der Waals surface area (Å²) in [5.41, 5.74) is 4.84. The van der Waals surface area contributed by atoms with Gasteiger partial charge in [-0.25, -0.2) is 0 Å². The van der Waals surface area contributed by atoms with Crippen molar-refractivity contribution in [3.8, 4) is 0 Å². The van der Waals surface area contributed by atoms with Crippen molar-refractivity contribution in [3.63, 3.8) is 0 Å². The molecule has 0 aliphatic heterocycles. The van der Waals surface area contributed by atoms with Gasteiger partial charge in [0.1, 0.15) is 0 Å². The minimum atomic E-state index is 0.166. The number of hydrogen-bond acceptors (Lipinski definition) is 3. The number of para-hydroxylation sites is 1. The molecule has 3 rings (SSSR count). The van der Waals surface area contributed by atoms with Gasteiger partial charge in [-0.3, -0.25) is 0 Å². The van der Waals surface area contributed by atoms with E-state index in [2.05, 4.69) is 5.32 Å². The van der Waals surface area contributed by atoms with Crippen molar-refractivity contribution < 1.29 is 9.67 Å². The van der Waals surface area contributed by atoms with Crippen LogP contribution in [-0.4, -0.2) is 10.1 Å². The van der Waals surface area contributed by atoms with Gasteiger partial charge < -0.3 is 10.4 Å². The highest BCUT2D eigenvalue weighted by molar-refractivity contribution is 7.81. The molecule has 0 fully saturated rings. The van der Waals surface area contributed by atoms with E-state index in [1.165, 1.54) is 11.3 Å². The maximum absolute atomic E-state index is 10.9. The number of aromatic nitrogens is 1. The lowest BCUT2D eigenvalue weighted by molar-refractivity contribution is -0.576. The van der Waals surface area contributed by atoms with E-state index in [4.69, 9.17) is 12.2 Å². The number of benzene rings is 1. The maximum atomic E-state index is 10.9. The molecule has 0 atom stereocenters. The van der Waals surface area contributed by atoms with Crippen molar-refractivity contribution in [3.05, 3.63) is 81.8 Å². The van der Waals surface area contributed by atoms with Crippen molar-refractivity contribution in [2.45, 2.75) is 20.8 Å². The first-order chi connectivity index (χ1) is 12.5. The summed E-state index contributed by atoms with van der Waals surface area (Å²) in [7, 11) is 0. The molecule has 0 aliphatic rings. The van der Waals surface area contributed by atoms with Crippen LogP contribution in [0.1, 0.15) is 21.6 Å². The molecule has 0 unspecified atom stereocenters. The van der Waals surface area contributed by atoms with Crippen LogP contribution in [0.3, 0.4) is 0 Å². The van der Waals surface area contributed by atoms with E-state index in [-0.39, 0.29) is 5.76 Å². The molecule has 3 nitrogen and oxygen atoms in total. The predicted molar refractivity (Wildman–Crippen MR) is 114 cm³/mol. The molecule has 0 radical (unpaired) electrons. The highest BCUT2D eigenvalue weighted by atomic mass is 32.1. The fourth-order valence-corrected chi connectivity index (χ4v) is 3.77. The highest BCUT2D eigenvalue weighted by Gasteiger charge is 2.25. The number of rotatable bonds is 4. The first kappa shape index (κ1) is 18.3. The lowest BCUT2D eigenvalue weighted by atomic mass is 10.1. The summed E-state index contributed by atoms with van der Waals surface area (Å²) in [6.45, 7) is 6.10. The molecule has 0 saturated heterocycles. The first-order valence-corrected chi connectivity index (χ1v) is 9.59. The third kappa shape index (κ3) is 3.84. The van der Waals surface area contributed by atoms with Crippen molar-refractivity contribution in [1.29, 1.82) is 0 Å². The Morgan fingerprint density at radius 2 is 1.77 bits per heavy atom. The smallest absolute Gasteiger partial charge is 0.289 e. The summed E-state index contributed by atoms with van der Waals surface area (Å²) >= 11 is 7.19. The molecule has 132 valence electrons. The Bertz CT molecular complexity index is 955. The van der Waals surface area contributed by atoms with Crippen LogP contribution in [0, 0.1) is 20.8 Å². The number of pyridine rings is 1. The Kier molecular flexibility index (Phi) is 5.49. The van der Waals surface area contributed by atoms with Crippen molar-refractivity contribution >= 4 is 45.7 Å². The van der Waals surface area contributed by atoms with Crippen LogP contribution in [0.15, 0.2) is 60.2 Å². The molecule has 3 aromatic rings. The third-order valence-corrected chi connectivity index (χ3v) is 5.29. The minimum Gasteiger partial charge on any atom is -0.501 e. The second kappa shape index (κ2) is 7.81. The van der Waals surface area contributed by atoms with Gasteiger partial charge in [0, 0.05) is 17.3 Å². The zero-order valence-corrected chi connectivity index (χ0v) is 16.6. The standard InChI is InChI=1S/C21H20N2OS2/c1-14-7-5-11-23(13-14)19(20(24)17-10-6-12-26-17)21(25)22-18-15(2)8-4-9-16(18)3/h4-13H,1-3H3,(H-,22,24,25)/p+1. The Morgan fingerprint density at radius 1 is 1.04 bits per heavy atom. The van der Waals surface area contributed by atoms with Gasteiger partial charge in [0.2, 0.25) is 5.76 Å². The molecule has 0 bridgehead atoms. The molecule has 2 heterocycles. The number of nitrogens with zero attached hydrogens (tertiary/aromatic N) is 1. The molecule has 2 N–H and O–H groups in total. The SMILES string of the molecule is Cc1ccc[n+](/C(C(=S)Nc2c(C)cccc2C)=C(/O)c2cccs2)c1. The molecule has 0 amide bonds. The Labute approximate surface area is 163 Å². The van der Waals surface area contributed by atoms with Gasteiger partial charge in [-0.15, -0.1) is 11.3 Å². The number of nitrogens with one attached hydrogen (secondary N) is 1. The highest BCUT2D eigenvalue weighted by Crippen LogP contribution is 2.25. The molecule has 0 spiro atoms. The fourth-order valence-electron chi connectivity index (χ4n) is 2.79. The molecular weight excluding hydrogens is 360 g/mol. The van der Waals surface area contributed by atoms with E-state index in [1.54, 1.807) is 0 Å². The van der Waals surface area contributed by atoms with E-state index in [0.29, 0.717) is 10.7 Å². The Morgan fingerprint density at radius 3 is 2.38 bits per heavy atom. The lowest BCUT2D eigenvalue weighted by Gasteiger charge is -2.14. The van der Waals surface area contributed by atoms with E-state index in [1.807, 2.05) is 85.6 Å². The van der Waals surface area contributed by atoms with E-state index in [0.717, 1.165) is 27.3 Å². The molecule has 2 aromatic heterocycles. The van der Waals surface area contributed by atoms with Crippen LogP contribution < -0.4 is 9.88 Å². The number of aliphatic hydroxyl groups excluding tert-OH is 1. The number of aliphatic hydroxyl groups is 1. The lowest BCUT2D eigenvalue weighted by Crippen LogP contribution is -2.38. The number of thiocarbonyl (C=S) groups is 1. The summed E-state index contributed by atoms with van der Waals surface area (Å²) in [5.74, 6) is 0.166. The van der Waals surface area contributed by atoms with Gasteiger partial charge in [-0.2, -0.15) is 4.57 Å². The van der Waals surface area contributed by atoms with Gasteiger partial charge in [-0.1, -0.05) is 36.5 Å². The Balaban J connectivity index is 2.09. The van der Waals surface area contributed by atoms with Gasteiger partial charge in [-0.05, 0) is 49.4 Å². The van der Waals surface area contributed by atoms with Crippen LogP contribution in [-0.2, 0) is 0 Å². The van der Waals surface area contributed by atoms with Crippen LogP contribution in [0.25, 0.3) is 11.5 Å². The van der Waals surface area contributed by atoms with Crippen LogP contribution in [0.5, 0.6) is 0 Å². The molecule has 1 aromatic carbocycles. The normalized spacial score (nSPS) is 11.8. The number of thiophene rings is 1. The largest absolute Gasteiger partial charge is 0.501 e. The molecule has 0 saturated carbocycles. The van der Waals surface area contributed by atoms with E-state index >= 15 is 0 Å². The van der Waals surface area contributed by atoms with Crippen LogP contribution in [0.2, 0.25) is 0 Å². The zero-order chi connectivity index (χ0) is 18.7. The first-order valence-electron chi connectivity index (χ1n) is 8.30. The summed E-state index contributed by atoms with van der Waals surface area (Å²) in [5, 5.41) is 16.2. The van der Waals surface area contributed by atoms with Gasteiger partial charge in [0.05, 0.1) is 4.88 Å². The monoisotopic (exact) mass is 381 g/mol. The van der Waals surface area contributed by atoms with Crippen molar-refractivity contribution in [1.82, 2.24) is 0 Å². The van der Waals surface area contributed by atoms with Crippen LogP contribution >= 0.6 is 23.6 Å². The van der Waals surface area contributed by atoms with Crippen molar-refractivity contribution in [2.24, 2.45) is 0 Å². The average molecular weight is 382 g/mol. The number of anilines is 1. The second-order valence-corrected chi connectivity index (χ2v) is 7.54. The predicted octanol–water partition coefficient (Wildman–Crippen LogP) is 5.28. The topological polar surface area (TPSA) is 36.1 Å². The summed E-state index contributed by atoms with van der Waals surface area (Å²) in [6.07, 6.45) is 3.85. The quantitative estimate of drug-likeness (QED) is 0.279. The maximum Gasteiger partial charge on any atom is 0.289 e. The van der Waals surface area contributed by atoms with Crippen molar-refractivity contribution in [2.75, 3.05) is 5.32 Å². The summed E-state index contributed by atoms with van der Waals surface area (Å²) < 4.78 is 1.87. The van der Waals surface area contributed by atoms with Gasteiger partial charge in [0.15, 0.2) is 17.4 Å². The zero-order valence-electron chi connectivity index (χ0n) is 15.0. The number of hydrogen-bond donors (Lipinski definition) is 2. The molecule has 5 heteroatoms. The van der Waals surface area contributed by atoms with Gasteiger partial charge >= 0.3 is 0 Å². The molecule has 26 heavy (non-hydrogen) atoms. The number of aryl methyl sites for hydroxylation is 3. The summed E-state index contributed by atoms with van der Waals surface area (Å²) in [6, 6.07) is 13.9.